The van der Waals surface area contributed by atoms with Crippen LogP contribution in [0, 0.1) is 0 Å². The summed E-state index contributed by atoms with van der Waals surface area (Å²) >= 11 is 0. The van der Waals surface area contributed by atoms with Crippen molar-refractivity contribution in [3.8, 4) is 23.0 Å². The van der Waals surface area contributed by atoms with E-state index in [0.29, 0.717) is 0 Å². The van der Waals surface area contributed by atoms with Gasteiger partial charge in [-0.2, -0.15) is 0 Å². The lowest BCUT2D eigenvalue weighted by atomic mass is 10.0. The van der Waals surface area contributed by atoms with Gasteiger partial charge in [0.2, 0.25) is 5.75 Å². The van der Waals surface area contributed by atoms with Crippen LogP contribution in [0.5, 0.6) is 23.0 Å². The molecular formula is C21H19NO5. The van der Waals surface area contributed by atoms with Crippen LogP contribution in [0.1, 0.15) is 15.9 Å². The maximum absolute atomic E-state index is 12.7. The molecule has 6 heteroatoms. The van der Waals surface area contributed by atoms with Crippen LogP contribution in [0.4, 0.5) is 0 Å². The number of pyridine rings is 1. The topological polar surface area (TPSA) is 77.9 Å². The molecule has 27 heavy (non-hydrogen) atoms. The maximum atomic E-state index is 12.7. The van der Waals surface area contributed by atoms with Gasteiger partial charge in [0, 0.05) is 23.8 Å². The molecule has 2 aromatic carbocycles. The summed E-state index contributed by atoms with van der Waals surface area (Å²) in [6.07, 6.45) is 6.55. The van der Waals surface area contributed by atoms with E-state index in [4.69, 9.17) is 14.2 Å². The first-order valence-corrected chi connectivity index (χ1v) is 8.17. The second-order valence-electron chi connectivity index (χ2n) is 5.72. The Bertz CT molecular complexity index is 1030. The number of phenols is 1. The smallest absolute Gasteiger partial charge is 0.204 e. The number of hydrogen-bond donors (Lipinski definition) is 1. The van der Waals surface area contributed by atoms with Gasteiger partial charge in [-0.1, -0.05) is 18.2 Å². The SMILES string of the molecule is COc1cc(O)c(C(=O)C=Cc2ccc3cnccc3c2)c(OC)c1OC. The fourth-order valence-corrected chi connectivity index (χ4v) is 2.84. The van der Waals surface area contributed by atoms with Gasteiger partial charge in [-0.25, -0.2) is 0 Å². The summed E-state index contributed by atoms with van der Waals surface area (Å²) < 4.78 is 15.7. The number of carbonyl (C=O) groups is 1. The fourth-order valence-electron chi connectivity index (χ4n) is 2.84. The van der Waals surface area contributed by atoms with Gasteiger partial charge in [-0.15, -0.1) is 0 Å². The van der Waals surface area contributed by atoms with Crippen molar-refractivity contribution in [2.45, 2.75) is 0 Å². The number of hydrogen-bond acceptors (Lipinski definition) is 6. The summed E-state index contributed by atoms with van der Waals surface area (Å²) in [5.74, 6) is -0.0271. The van der Waals surface area contributed by atoms with Crippen LogP contribution in [0.2, 0.25) is 0 Å². The summed E-state index contributed by atoms with van der Waals surface area (Å²) in [7, 11) is 4.27. The molecule has 0 atom stereocenters. The van der Waals surface area contributed by atoms with Crippen LogP contribution in [-0.4, -0.2) is 37.2 Å². The average molecular weight is 365 g/mol. The number of rotatable bonds is 6. The van der Waals surface area contributed by atoms with Gasteiger partial charge >= 0.3 is 0 Å². The number of aromatic hydroxyl groups is 1. The van der Waals surface area contributed by atoms with Crippen LogP contribution < -0.4 is 14.2 Å². The highest BCUT2D eigenvalue weighted by Crippen LogP contribution is 2.44. The zero-order valence-electron chi connectivity index (χ0n) is 15.2. The Morgan fingerprint density at radius 1 is 1.00 bits per heavy atom. The highest BCUT2D eigenvalue weighted by molar-refractivity contribution is 6.11. The van der Waals surface area contributed by atoms with Gasteiger partial charge < -0.3 is 19.3 Å². The third kappa shape index (κ3) is 3.55. The molecule has 0 aliphatic heterocycles. The molecule has 0 aliphatic carbocycles. The van der Waals surface area contributed by atoms with Gasteiger partial charge in [-0.3, -0.25) is 9.78 Å². The summed E-state index contributed by atoms with van der Waals surface area (Å²) in [5.41, 5.74) is 0.859. The van der Waals surface area contributed by atoms with Crippen LogP contribution in [0.25, 0.3) is 16.8 Å². The first-order valence-electron chi connectivity index (χ1n) is 8.17. The number of allylic oxidation sites excluding steroid dienone is 1. The Morgan fingerprint density at radius 2 is 1.78 bits per heavy atom. The van der Waals surface area contributed by atoms with E-state index in [0.717, 1.165) is 16.3 Å². The molecule has 0 amide bonds. The number of carbonyl (C=O) groups excluding carboxylic acids is 1. The Hall–Kier alpha value is -3.54. The summed E-state index contributed by atoms with van der Waals surface area (Å²) in [4.78, 5) is 16.8. The van der Waals surface area contributed by atoms with E-state index in [1.165, 1.54) is 33.5 Å². The van der Waals surface area contributed by atoms with Gasteiger partial charge in [0.05, 0.1) is 21.3 Å². The van der Waals surface area contributed by atoms with Crippen LogP contribution in [-0.2, 0) is 0 Å². The molecule has 1 N–H and O–H groups in total. The summed E-state index contributed by atoms with van der Waals surface area (Å²) in [5, 5.41) is 12.3. The number of aromatic nitrogens is 1. The first kappa shape index (κ1) is 18.3. The van der Waals surface area contributed by atoms with E-state index >= 15 is 0 Å². The van der Waals surface area contributed by atoms with Crippen LogP contribution in [0.15, 0.2) is 48.8 Å². The average Bonchev–Trinajstić information content (AvgIpc) is 2.70. The molecule has 0 aliphatic rings. The lowest BCUT2D eigenvalue weighted by Crippen LogP contribution is -2.03. The van der Waals surface area contributed by atoms with Crippen molar-refractivity contribution in [2.24, 2.45) is 0 Å². The second-order valence-corrected chi connectivity index (χ2v) is 5.72. The van der Waals surface area contributed by atoms with E-state index in [2.05, 4.69) is 4.98 Å². The lowest BCUT2D eigenvalue weighted by Gasteiger charge is -2.15. The quantitative estimate of drug-likeness (QED) is 0.528. The Balaban J connectivity index is 1.98. The molecule has 1 aromatic heterocycles. The molecule has 0 fully saturated rings. The van der Waals surface area contributed by atoms with E-state index in [1.807, 2.05) is 24.3 Å². The maximum Gasteiger partial charge on any atom is 0.204 e. The van der Waals surface area contributed by atoms with Crippen molar-refractivity contribution in [1.29, 1.82) is 0 Å². The van der Waals surface area contributed by atoms with Crippen LogP contribution in [0.3, 0.4) is 0 Å². The molecule has 0 spiro atoms. The third-order valence-electron chi connectivity index (χ3n) is 4.15. The van der Waals surface area contributed by atoms with E-state index in [9.17, 15) is 9.90 Å². The monoisotopic (exact) mass is 365 g/mol. The van der Waals surface area contributed by atoms with Crippen molar-refractivity contribution >= 4 is 22.6 Å². The Morgan fingerprint density at radius 3 is 2.48 bits per heavy atom. The van der Waals surface area contributed by atoms with Crippen molar-refractivity contribution in [1.82, 2.24) is 4.98 Å². The molecule has 3 aromatic rings. The fraction of sp³-hybridized carbons (Fsp3) is 0.143. The molecule has 3 rings (SSSR count). The largest absolute Gasteiger partial charge is 0.507 e. The minimum absolute atomic E-state index is 0.0105. The predicted octanol–water partition coefficient (Wildman–Crippen LogP) is 3.86. The van der Waals surface area contributed by atoms with Crippen LogP contribution >= 0.6 is 0 Å². The highest BCUT2D eigenvalue weighted by atomic mass is 16.5. The zero-order valence-corrected chi connectivity index (χ0v) is 15.2. The summed E-state index contributed by atoms with van der Waals surface area (Å²) in [6.45, 7) is 0. The number of nitrogens with zero attached hydrogens (tertiary/aromatic N) is 1. The molecule has 6 nitrogen and oxygen atoms in total. The standard InChI is InChI=1S/C21H19NO5/c1-25-18-11-17(24)19(21(27-3)20(18)26-2)16(23)7-5-13-4-6-15-12-22-9-8-14(15)10-13/h4-12,24H,1-3H3. The third-order valence-corrected chi connectivity index (χ3v) is 4.15. The van der Waals surface area contributed by atoms with Crippen molar-refractivity contribution in [3.05, 3.63) is 59.9 Å². The number of ether oxygens (including phenoxy) is 3. The molecule has 0 radical (unpaired) electrons. The molecular weight excluding hydrogens is 346 g/mol. The van der Waals surface area contributed by atoms with Gasteiger partial charge in [0.25, 0.3) is 0 Å². The van der Waals surface area contributed by atoms with Gasteiger partial charge in [0.15, 0.2) is 17.3 Å². The van der Waals surface area contributed by atoms with E-state index in [-0.39, 0.29) is 28.6 Å². The number of methoxy groups -OCH3 is 3. The predicted molar refractivity (Wildman–Crippen MR) is 103 cm³/mol. The molecule has 1 heterocycles. The minimum Gasteiger partial charge on any atom is -0.507 e. The first-order chi connectivity index (χ1) is 13.1. The minimum atomic E-state index is -0.417. The Labute approximate surface area is 156 Å². The second kappa shape index (κ2) is 7.78. The zero-order chi connectivity index (χ0) is 19.4. The number of benzene rings is 2. The van der Waals surface area contributed by atoms with E-state index in [1.54, 1.807) is 18.5 Å². The number of fused-ring (bicyclic) bond motifs is 1. The van der Waals surface area contributed by atoms with Crippen molar-refractivity contribution in [3.63, 3.8) is 0 Å². The molecule has 0 unspecified atom stereocenters. The van der Waals surface area contributed by atoms with Crippen molar-refractivity contribution in [2.75, 3.05) is 21.3 Å². The van der Waals surface area contributed by atoms with Gasteiger partial charge in [0.1, 0.15) is 11.3 Å². The van der Waals surface area contributed by atoms with Gasteiger partial charge in [-0.05, 0) is 29.2 Å². The van der Waals surface area contributed by atoms with Crippen molar-refractivity contribution < 1.29 is 24.1 Å². The molecule has 0 bridgehead atoms. The normalized spacial score (nSPS) is 10.9. The Kier molecular flexibility index (Phi) is 5.26. The number of ketones is 1. The highest BCUT2D eigenvalue weighted by Gasteiger charge is 2.24. The lowest BCUT2D eigenvalue weighted by molar-refractivity contribution is 0.104. The molecule has 0 saturated carbocycles. The summed E-state index contributed by atoms with van der Waals surface area (Å²) in [6, 6.07) is 9.00. The molecule has 0 saturated heterocycles. The molecule has 138 valence electrons. The van der Waals surface area contributed by atoms with E-state index < -0.39 is 5.78 Å². The number of phenolic OH excluding ortho intramolecular Hbond substituents is 1.